The van der Waals surface area contributed by atoms with E-state index in [-0.39, 0.29) is 18.4 Å². The van der Waals surface area contributed by atoms with Gasteiger partial charge in [0.1, 0.15) is 11.2 Å². The predicted molar refractivity (Wildman–Crippen MR) is 74.5 cm³/mol. The minimum atomic E-state index is -0.496. The van der Waals surface area contributed by atoms with E-state index in [0.29, 0.717) is 16.4 Å². The Balaban J connectivity index is 1.69. The molecule has 0 aliphatic rings. The molecule has 3 aromatic rings. The summed E-state index contributed by atoms with van der Waals surface area (Å²) in [4.78, 5) is 16.7. The van der Waals surface area contributed by atoms with Crippen LogP contribution in [0.2, 0.25) is 0 Å². The molecule has 0 saturated carbocycles. The van der Waals surface area contributed by atoms with Crippen LogP contribution in [0.15, 0.2) is 22.3 Å². The summed E-state index contributed by atoms with van der Waals surface area (Å²) in [6.07, 6.45) is 1.41. The van der Waals surface area contributed by atoms with Gasteiger partial charge in [-0.25, -0.2) is 4.79 Å². The number of carbonyl (C=O) groups is 1. The Bertz CT molecular complexity index is 764. The fraction of sp³-hybridized carbons (Fsp3) is 0.333. The zero-order chi connectivity index (χ0) is 15.5. The molecule has 0 saturated heterocycles. The molecular formula is C12H12N6O3S. The first-order valence-electron chi connectivity index (χ1n) is 6.45. The normalized spacial score (nSPS) is 11.0. The van der Waals surface area contributed by atoms with Gasteiger partial charge in [0, 0.05) is 5.92 Å². The maximum atomic E-state index is 12.2. The van der Waals surface area contributed by atoms with Crippen LogP contribution >= 0.6 is 11.3 Å². The molecule has 3 rings (SSSR count). The predicted octanol–water partition coefficient (Wildman–Crippen LogP) is 1.59. The maximum absolute atomic E-state index is 12.2. The van der Waals surface area contributed by atoms with Gasteiger partial charge in [0.05, 0.1) is 5.69 Å². The third-order valence-electron chi connectivity index (χ3n) is 2.75. The van der Waals surface area contributed by atoms with E-state index < -0.39 is 5.97 Å². The van der Waals surface area contributed by atoms with Gasteiger partial charge in [-0.05, 0) is 21.9 Å². The van der Waals surface area contributed by atoms with Gasteiger partial charge in [-0.2, -0.15) is 9.67 Å². The molecular weight excluding hydrogens is 308 g/mol. The van der Waals surface area contributed by atoms with Gasteiger partial charge < -0.3 is 9.26 Å². The van der Waals surface area contributed by atoms with Crippen LogP contribution in [-0.2, 0) is 11.3 Å². The topological polar surface area (TPSA) is 109 Å². The van der Waals surface area contributed by atoms with Crippen LogP contribution < -0.4 is 0 Å². The number of rotatable bonds is 5. The lowest BCUT2D eigenvalue weighted by atomic mass is 10.2. The molecule has 3 heterocycles. The van der Waals surface area contributed by atoms with Crippen molar-refractivity contribution in [2.75, 3.05) is 0 Å². The zero-order valence-corrected chi connectivity index (χ0v) is 12.6. The van der Waals surface area contributed by atoms with E-state index >= 15 is 0 Å². The highest BCUT2D eigenvalue weighted by molar-refractivity contribution is 7.12. The molecule has 0 spiro atoms. The van der Waals surface area contributed by atoms with Crippen LogP contribution in [0.1, 0.15) is 41.2 Å². The second-order valence-corrected chi connectivity index (χ2v) is 5.58. The number of tetrazole rings is 1. The van der Waals surface area contributed by atoms with E-state index in [0.717, 1.165) is 0 Å². The van der Waals surface area contributed by atoms with Gasteiger partial charge in [-0.15, -0.1) is 16.4 Å². The van der Waals surface area contributed by atoms with Gasteiger partial charge in [-0.1, -0.05) is 19.0 Å². The van der Waals surface area contributed by atoms with Gasteiger partial charge >= 0.3 is 5.97 Å². The maximum Gasteiger partial charge on any atom is 0.351 e. The van der Waals surface area contributed by atoms with Gasteiger partial charge in [0.15, 0.2) is 12.4 Å². The quantitative estimate of drug-likeness (QED) is 0.652. The lowest BCUT2D eigenvalue weighted by Crippen LogP contribution is -2.08. The Morgan fingerprint density at radius 2 is 2.36 bits per heavy atom. The molecule has 0 amide bonds. The van der Waals surface area contributed by atoms with Crippen LogP contribution in [0, 0.1) is 0 Å². The number of hydrogen-bond acceptors (Lipinski definition) is 9. The molecule has 0 bridgehead atoms. The Hall–Kier alpha value is -2.62. The van der Waals surface area contributed by atoms with Crippen LogP contribution in [0.4, 0.5) is 0 Å². The number of nitrogens with zero attached hydrogens (tertiary/aromatic N) is 6. The molecule has 3 aromatic heterocycles. The molecule has 0 aromatic carbocycles. The molecule has 9 nitrogen and oxygen atoms in total. The van der Waals surface area contributed by atoms with Crippen LogP contribution in [0.25, 0.3) is 5.69 Å². The number of ether oxygens (including phenoxy) is 1. The van der Waals surface area contributed by atoms with E-state index in [9.17, 15) is 4.79 Å². The summed E-state index contributed by atoms with van der Waals surface area (Å²) >= 11 is 1.24. The molecule has 0 unspecified atom stereocenters. The molecule has 0 N–H and O–H groups in total. The summed E-state index contributed by atoms with van der Waals surface area (Å²) in [6.45, 7) is 3.82. The Morgan fingerprint density at radius 1 is 1.50 bits per heavy atom. The van der Waals surface area contributed by atoms with Crippen LogP contribution in [0.3, 0.4) is 0 Å². The molecule has 0 atom stereocenters. The first-order valence-corrected chi connectivity index (χ1v) is 7.33. The van der Waals surface area contributed by atoms with Crippen LogP contribution in [-0.4, -0.2) is 36.3 Å². The Labute approximate surface area is 128 Å². The monoisotopic (exact) mass is 320 g/mol. The van der Waals surface area contributed by atoms with Crippen molar-refractivity contribution in [2.45, 2.75) is 26.4 Å². The number of hydrogen-bond donors (Lipinski definition) is 0. The molecule has 0 fully saturated rings. The SMILES string of the molecule is CC(C)c1noc(COC(=O)c2sccc2-n2cnnn2)n1. The van der Waals surface area contributed by atoms with E-state index in [1.54, 1.807) is 11.4 Å². The lowest BCUT2D eigenvalue weighted by molar-refractivity contribution is 0.0435. The summed E-state index contributed by atoms with van der Waals surface area (Å²) in [5.41, 5.74) is 0.563. The fourth-order valence-corrected chi connectivity index (χ4v) is 2.43. The van der Waals surface area contributed by atoms with E-state index in [1.807, 2.05) is 13.8 Å². The van der Waals surface area contributed by atoms with Crippen LogP contribution in [0.5, 0.6) is 0 Å². The Kier molecular flexibility index (Phi) is 3.92. The molecule has 0 aliphatic heterocycles. The third kappa shape index (κ3) is 2.86. The van der Waals surface area contributed by atoms with E-state index in [1.165, 1.54) is 22.3 Å². The van der Waals surface area contributed by atoms with Crippen molar-refractivity contribution in [3.63, 3.8) is 0 Å². The van der Waals surface area contributed by atoms with Crippen molar-refractivity contribution in [2.24, 2.45) is 0 Å². The highest BCUT2D eigenvalue weighted by Gasteiger charge is 2.18. The highest BCUT2D eigenvalue weighted by atomic mass is 32.1. The van der Waals surface area contributed by atoms with Crippen molar-refractivity contribution in [3.05, 3.63) is 34.4 Å². The van der Waals surface area contributed by atoms with E-state index in [2.05, 4.69) is 25.7 Å². The van der Waals surface area contributed by atoms with Crippen molar-refractivity contribution < 1.29 is 14.1 Å². The van der Waals surface area contributed by atoms with E-state index in [4.69, 9.17) is 9.26 Å². The fourth-order valence-electron chi connectivity index (χ4n) is 1.66. The Morgan fingerprint density at radius 3 is 3.05 bits per heavy atom. The number of aromatic nitrogens is 6. The second kappa shape index (κ2) is 6.02. The van der Waals surface area contributed by atoms with Gasteiger partial charge in [0.2, 0.25) is 0 Å². The molecule has 22 heavy (non-hydrogen) atoms. The van der Waals surface area contributed by atoms with Crippen molar-refractivity contribution in [1.82, 2.24) is 30.3 Å². The standard InChI is InChI=1S/C12H12N6O3S/c1-7(2)11-14-9(21-15-11)5-20-12(19)10-8(3-4-22-10)18-6-13-16-17-18/h3-4,6-7H,5H2,1-2H3. The first kappa shape index (κ1) is 14.3. The molecule has 114 valence electrons. The van der Waals surface area contributed by atoms with Crippen molar-refractivity contribution >= 4 is 17.3 Å². The second-order valence-electron chi connectivity index (χ2n) is 4.67. The minimum Gasteiger partial charge on any atom is -0.451 e. The average Bonchev–Trinajstić information content (AvgIpc) is 3.23. The summed E-state index contributed by atoms with van der Waals surface area (Å²) in [5, 5.41) is 16.4. The average molecular weight is 320 g/mol. The molecule has 0 aliphatic carbocycles. The summed E-state index contributed by atoms with van der Waals surface area (Å²) < 4.78 is 11.6. The number of esters is 1. The smallest absolute Gasteiger partial charge is 0.351 e. The summed E-state index contributed by atoms with van der Waals surface area (Å²) in [6, 6.07) is 1.74. The number of carbonyl (C=O) groups excluding carboxylic acids is 1. The van der Waals surface area contributed by atoms with Gasteiger partial charge in [0.25, 0.3) is 5.89 Å². The summed E-state index contributed by atoms with van der Waals surface area (Å²) in [7, 11) is 0. The highest BCUT2D eigenvalue weighted by Crippen LogP contribution is 2.21. The minimum absolute atomic E-state index is 0.0779. The summed E-state index contributed by atoms with van der Waals surface area (Å²) in [5.74, 6) is 0.496. The zero-order valence-electron chi connectivity index (χ0n) is 11.8. The molecule has 10 heteroatoms. The number of thiophene rings is 1. The van der Waals surface area contributed by atoms with Crippen molar-refractivity contribution in [1.29, 1.82) is 0 Å². The van der Waals surface area contributed by atoms with Gasteiger partial charge in [-0.3, -0.25) is 0 Å². The first-order chi connectivity index (χ1) is 10.6. The lowest BCUT2D eigenvalue weighted by Gasteiger charge is -2.02. The third-order valence-corrected chi connectivity index (χ3v) is 3.64. The molecule has 0 radical (unpaired) electrons. The van der Waals surface area contributed by atoms with Crippen molar-refractivity contribution in [3.8, 4) is 5.69 Å². The largest absolute Gasteiger partial charge is 0.451 e.